The van der Waals surface area contributed by atoms with Crippen molar-refractivity contribution in [2.45, 2.75) is 47.3 Å². The van der Waals surface area contributed by atoms with Crippen molar-refractivity contribution in [1.82, 2.24) is 0 Å². The van der Waals surface area contributed by atoms with Gasteiger partial charge in [0.1, 0.15) is 0 Å². The molecule has 0 saturated heterocycles. The summed E-state index contributed by atoms with van der Waals surface area (Å²) in [6.07, 6.45) is 0.249. The maximum Gasteiger partial charge on any atom is 0.530 e. The number of rotatable bonds is 11. The molecule has 0 fully saturated rings. The van der Waals surface area contributed by atoms with Gasteiger partial charge in [0.2, 0.25) is 0 Å². The molecule has 34 heavy (non-hydrogen) atoms. The van der Waals surface area contributed by atoms with Gasteiger partial charge in [-0.3, -0.25) is 13.8 Å². The predicted molar refractivity (Wildman–Crippen MR) is 132 cm³/mol. The van der Waals surface area contributed by atoms with E-state index in [0.717, 1.165) is 16.7 Å². The molecule has 0 saturated carbocycles. The molecule has 0 N–H and O–H groups in total. The summed E-state index contributed by atoms with van der Waals surface area (Å²) >= 11 is 0. The average molecular weight is 483 g/mol. The third-order valence-corrected chi connectivity index (χ3v) is 6.16. The summed E-state index contributed by atoms with van der Waals surface area (Å²) in [5, 5.41) is 0. The Morgan fingerprint density at radius 1 is 0.853 bits per heavy atom. The fraction of sp³-hybridized carbons (Fsp3) is 0.296. The highest BCUT2D eigenvalue weighted by atomic mass is 31.2. The molecule has 0 heterocycles. The first kappa shape index (κ1) is 25.7. The predicted octanol–water partition coefficient (Wildman–Crippen LogP) is 7.18. The van der Waals surface area contributed by atoms with Crippen molar-refractivity contribution < 1.29 is 27.7 Å². The number of carbonyl (C=O) groups excluding carboxylic acids is 1. The van der Waals surface area contributed by atoms with Crippen molar-refractivity contribution in [2.75, 3.05) is 0 Å². The molecule has 0 aliphatic carbocycles. The van der Waals surface area contributed by atoms with Gasteiger partial charge in [0.15, 0.2) is 11.5 Å². The number of benzene rings is 3. The van der Waals surface area contributed by atoms with Gasteiger partial charge in [0.25, 0.3) is 0 Å². The maximum absolute atomic E-state index is 13.8. The second-order valence-corrected chi connectivity index (χ2v) is 10.1. The van der Waals surface area contributed by atoms with Crippen LogP contribution in [0, 0.1) is 19.8 Å². The standard InChI is InChI=1S/C27H31O6P/c1-20(2)15-26(28)32-27-22(4)16-21(3)17-25(27)33-34(29,30-18-23-11-7-5-8-12-23)31-19-24-13-9-6-10-14-24/h5-14,16-17,20H,15,18-19H2,1-4H3. The van der Waals surface area contributed by atoms with Crippen LogP contribution in [0.1, 0.15) is 42.5 Å². The summed E-state index contributed by atoms with van der Waals surface area (Å²) < 4.78 is 36.7. The molecule has 0 atom stereocenters. The van der Waals surface area contributed by atoms with E-state index in [1.807, 2.05) is 87.5 Å². The minimum atomic E-state index is -4.10. The zero-order chi connectivity index (χ0) is 24.6. The monoisotopic (exact) mass is 482 g/mol. The first-order valence-corrected chi connectivity index (χ1v) is 12.7. The van der Waals surface area contributed by atoms with Crippen LogP contribution in [0.4, 0.5) is 0 Å². The van der Waals surface area contributed by atoms with Crippen molar-refractivity contribution in [3.8, 4) is 11.5 Å². The summed E-state index contributed by atoms with van der Waals surface area (Å²) in [7, 11) is -4.10. The van der Waals surface area contributed by atoms with Crippen LogP contribution < -0.4 is 9.26 Å². The molecule has 0 aliphatic rings. The number of hydrogen-bond donors (Lipinski definition) is 0. The van der Waals surface area contributed by atoms with Crippen LogP contribution in [0.25, 0.3) is 0 Å². The quantitative estimate of drug-likeness (QED) is 0.164. The fourth-order valence-electron chi connectivity index (χ4n) is 3.27. The highest BCUT2D eigenvalue weighted by molar-refractivity contribution is 7.48. The molecule has 0 unspecified atom stereocenters. The molecule has 0 radical (unpaired) electrons. The van der Waals surface area contributed by atoms with E-state index in [9.17, 15) is 9.36 Å². The van der Waals surface area contributed by atoms with Gasteiger partial charge in [-0.05, 0) is 48.1 Å². The Morgan fingerprint density at radius 2 is 1.38 bits per heavy atom. The molecule has 0 aromatic heterocycles. The molecule has 0 spiro atoms. The molecule has 0 aliphatic heterocycles. The van der Waals surface area contributed by atoms with Gasteiger partial charge in [-0.1, -0.05) is 80.6 Å². The molecule has 6 nitrogen and oxygen atoms in total. The van der Waals surface area contributed by atoms with Crippen LogP contribution in [0.2, 0.25) is 0 Å². The SMILES string of the molecule is Cc1cc(C)c(OC(=O)CC(C)C)c(OP(=O)(OCc2ccccc2)OCc2ccccc2)c1. The average Bonchev–Trinajstić information content (AvgIpc) is 2.80. The maximum atomic E-state index is 13.8. The fourth-order valence-corrected chi connectivity index (χ4v) is 4.44. The van der Waals surface area contributed by atoms with Crippen LogP contribution in [-0.4, -0.2) is 5.97 Å². The van der Waals surface area contributed by atoms with Gasteiger partial charge in [-0.2, -0.15) is 0 Å². The van der Waals surface area contributed by atoms with E-state index < -0.39 is 13.8 Å². The number of ether oxygens (including phenoxy) is 1. The van der Waals surface area contributed by atoms with Gasteiger partial charge in [-0.25, -0.2) is 4.57 Å². The lowest BCUT2D eigenvalue weighted by Crippen LogP contribution is -2.13. The number of carbonyl (C=O) groups is 1. The summed E-state index contributed by atoms with van der Waals surface area (Å²) in [6.45, 7) is 7.60. The van der Waals surface area contributed by atoms with Crippen molar-refractivity contribution in [1.29, 1.82) is 0 Å². The topological polar surface area (TPSA) is 71.1 Å². The number of aryl methyl sites for hydroxylation is 2. The van der Waals surface area contributed by atoms with Gasteiger partial charge >= 0.3 is 13.8 Å². The van der Waals surface area contributed by atoms with Crippen LogP contribution in [0.5, 0.6) is 11.5 Å². The Labute approximate surface area is 201 Å². The molecule has 3 aromatic carbocycles. The summed E-state index contributed by atoms with van der Waals surface area (Å²) in [6, 6.07) is 22.2. The Morgan fingerprint density at radius 3 is 1.88 bits per heavy atom. The number of esters is 1. The number of phosphoric ester groups is 1. The largest absolute Gasteiger partial charge is 0.530 e. The van der Waals surface area contributed by atoms with Gasteiger partial charge in [-0.15, -0.1) is 0 Å². The lowest BCUT2D eigenvalue weighted by molar-refractivity contribution is -0.135. The molecular formula is C27H31O6P. The molecule has 180 valence electrons. The third-order valence-electron chi connectivity index (χ3n) is 4.85. The summed E-state index contributed by atoms with van der Waals surface area (Å²) in [4.78, 5) is 12.4. The zero-order valence-corrected chi connectivity index (χ0v) is 20.9. The van der Waals surface area contributed by atoms with Crippen LogP contribution in [0.3, 0.4) is 0 Å². The first-order chi connectivity index (χ1) is 16.2. The summed E-state index contributed by atoms with van der Waals surface area (Å²) in [5.74, 6) is 0.0938. The first-order valence-electron chi connectivity index (χ1n) is 11.2. The van der Waals surface area contributed by atoms with Crippen LogP contribution in [-0.2, 0) is 31.6 Å². The number of hydrogen-bond acceptors (Lipinski definition) is 6. The Kier molecular flexibility index (Phi) is 9.05. The second kappa shape index (κ2) is 12.0. The van der Waals surface area contributed by atoms with E-state index >= 15 is 0 Å². The third kappa shape index (κ3) is 7.84. The van der Waals surface area contributed by atoms with E-state index in [2.05, 4.69) is 0 Å². The number of phosphoric acid groups is 1. The molecule has 3 aromatic rings. The molecule has 0 bridgehead atoms. The van der Waals surface area contributed by atoms with Gasteiger partial charge in [0, 0.05) is 6.42 Å². The van der Waals surface area contributed by atoms with Crippen LogP contribution in [0.15, 0.2) is 72.8 Å². The Hall–Kier alpha value is -2.92. The van der Waals surface area contributed by atoms with E-state index in [4.69, 9.17) is 18.3 Å². The molecule has 7 heteroatoms. The zero-order valence-electron chi connectivity index (χ0n) is 20.0. The van der Waals surface area contributed by atoms with E-state index in [-0.39, 0.29) is 37.1 Å². The summed E-state index contributed by atoms with van der Waals surface area (Å²) in [5.41, 5.74) is 3.18. The highest BCUT2D eigenvalue weighted by Gasteiger charge is 2.31. The van der Waals surface area contributed by atoms with Gasteiger partial charge < -0.3 is 9.26 Å². The lowest BCUT2D eigenvalue weighted by atomic mass is 10.1. The van der Waals surface area contributed by atoms with E-state index in [1.54, 1.807) is 13.0 Å². The van der Waals surface area contributed by atoms with Gasteiger partial charge in [0.05, 0.1) is 13.2 Å². The van der Waals surface area contributed by atoms with Crippen LogP contribution >= 0.6 is 7.82 Å². The minimum absolute atomic E-state index is 0.0280. The molecule has 3 rings (SSSR count). The minimum Gasteiger partial charge on any atom is -0.422 e. The van der Waals surface area contributed by atoms with Crippen molar-refractivity contribution in [3.05, 3.63) is 95.1 Å². The molecule has 0 amide bonds. The Bertz CT molecular complexity index is 1080. The highest BCUT2D eigenvalue weighted by Crippen LogP contribution is 2.53. The molecular weight excluding hydrogens is 451 g/mol. The Balaban J connectivity index is 1.88. The van der Waals surface area contributed by atoms with Crippen molar-refractivity contribution >= 4 is 13.8 Å². The normalized spacial score (nSPS) is 11.4. The lowest BCUT2D eigenvalue weighted by Gasteiger charge is -2.21. The smallest absolute Gasteiger partial charge is 0.422 e. The second-order valence-electron chi connectivity index (χ2n) is 8.54. The van der Waals surface area contributed by atoms with Crippen molar-refractivity contribution in [2.24, 2.45) is 5.92 Å². The van der Waals surface area contributed by atoms with E-state index in [1.165, 1.54) is 0 Å². The van der Waals surface area contributed by atoms with E-state index in [0.29, 0.717) is 5.56 Å². The van der Waals surface area contributed by atoms with Crippen molar-refractivity contribution in [3.63, 3.8) is 0 Å².